The smallest absolute Gasteiger partial charge is 0.257 e. The number of methoxy groups -OCH3 is 1. The van der Waals surface area contributed by atoms with Crippen molar-refractivity contribution in [1.29, 1.82) is 0 Å². The summed E-state index contributed by atoms with van der Waals surface area (Å²) >= 11 is 5.72. The van der Waals surface area contributed by atoms with E-state index < -0.39 is 11.7 Å². The van der Waals surface area contributed by atoms with Gasteiger partial charge in [-0.2, -0.15) is 0 Å². The minimum Gasteiger partial charge on any atom is -0.497 e. The number of hydrogen-bond donors (Lipinski definition) is 1. The van der Waals surface area contributed by atoms with E-state index in [0.29, 0.717) is 18.0 Å². The fourth-order valence-corrected chi connectivity index (χ4v) is 2.71. The first kappa shape index (κ1) is 18.7. The van der Waals surface area contributed by atoms with Gasteiger partial charge in [0.05, 0.1) is 24.2 Å². The quantitative estimate of drug-likeness (QED) is 0.722. The van der Waals surface area contributed by atoms with Crippen LogP contribution in [0.1, 0.15) is 15.9 Å². The highest BCUT2D eigenvalue weighted by Crippen LogP contribution is 2.20. The highest BCUT2D eigenvalue weighted by molar-refractivity contribution is 6.31. The van der Waals surface area contributed by atoms with Crippen LogP contribution in [0.3, 0.4) is 0 Å². The van der Waals surface area contributed by atoms with E-state index in [-0.39, 0.29) is 16.1 Å². The van der Waals surface area contributed by atoms with Gasteiger partial charge in [-0.1, -0.05) is 23.7 Å². The average Bonchev–Trinajstić information content (AvgIpc) is 2.66. The lowest BCUT2D eigenvalue weighted by Gasteiger charge is -2.10. The third kappa shape index (κ3) is 4.54. The minimum absolute atomic E-state index is 0.0872. The number of ether oxygens (including phenoxy) is 1. The zero-order chi connectivity index (χ0) is 19.4. The molecule has 0 bridgehead atoms. The van der Waals surface area contributed by atoms with Gasteiger partial charge in [-0.25, -0.2) is 4.39 Å². The fraction of sp³-hybridized carbons (Fsp3) is 0.100. The molecule has 138 valence electrons. The topological polar surface area (TPSA) is 60.3 Å². The molecular formula is C20H16ClFN2O3. The second-order valence-electron chi connectivity index (χ2n) is 5.82. The van der Waals surface area contributed by atoms with Crippen LogP contribution >= 0.6 is 11.6 Å². The van der Waals surface area contributed by atoms with E-state index in [4.69, 9.17) is 16.3 Å². The molecule has 0 spiro atoms. The molecule has 0 aliphatic carbocycles. The van der Waals surface area contributed by atoms with Gasteiger partial charge in [0.2, 0.25) is 0 Å². The number of rotatable bonds is 5. The molecule has 0 saturated heterocycles. The van der Waals surface area contributed by atoms with Crippen molar-refractivity contribution in [3.63, 3.8) is 0 Å². The van der Waals surface area contributed by atoms with Gasteiger partial charge in [0.25, 0.3) is 11.5 Å². The zero-order valence-electron chi connectivity index (χ0n) is 14.4. The van der Waals surface area contributed by atoms with Gasteiger partial charge in [0, 0.05) is 18.0 Å². The Morgan fingerprint density at radius 2 is 2.00 bits per heavy atom. The number of anilines is 1. The molecule has 2 aromatic carbocycles. The molecule has 0 atom stereocenters. The monoisotopic (exact) mass is 386 g/mol. The van der Waals surface area contributed by atoms with E-state index in [0.717, 1.165) is 5.56 Å². The molecule has 1 heterocycles. The maximum absolute atomic E-state index is 13.2. The summed E-state index contributed by atoms with van der Waals surface area (Å²) in [6, 6.07) is 14.0. The molecule has 27 heavy (non-hydrogen) atoms. The number of benzene rings is 2. The van der Waals surface area contributed by atoms with Crippen LogP contribution in [-0.2, 0) is 6.54 Å². The Morgan fingerprint density at radius 1 is 1.19 bits per heavy atom. The summed E-state index contributed by atoms with van der Waals surface area (Å²) in [5.41, 5.74) is 1.27. The SMILES string of the molecule is COc1cccc(Cn2cc(C(=O)Nc3ccc(F)c(Cl)c3)ccc2=O)c1. The summed E-state index contributed by atoms with van der Waals surface area (Å²) < 4.78 is 19.8. The van der Waals surface area contributed by atoms with Gasteiger partial charge < -0.3 is 14.6 Å². The van der Waals surface area contributed by atoms with Gasteiger partial charge in [0.1, 0.15) is 11.6 Å². The molecule has 5 nitrogen and oxygen atoms in total. The van der Waals surface area contributed by atoms with Crippen molar-refractivity contribution in [2.45, 2.75) is 6.54 Å². The summed E-state index contributed by atoms with van der Waals surface area (Å²) in [6.45, 7) is 0.291. The van der Waals surface area contributed by atoms with Crippen molar-refractivity contribution in [1.82, 2.24) is 4.57 Å². The van der Waals surface area contributed by atoms with E-state index in [1.165, 1.54) is 41.1 Å². The standard InChI is InChI=1S/C20H16ClFN2O3/c1-27-16-4-2-3-13(9-16)11-24-12-14(5-8-19(24)25)20(26)23-15-6-7-18(22)17(21)10-15/h2-10,12H,11H2,1H3,(H,23,26). The minimum atomic E-state index is -0.568. The second-order valence-corrected chi connectivity index (χ2v) is 6.23. The largest absolute Gasteiger partial charge is 0.497 e. The number of hydrogen-bond acceptors (Lipinski definition) is 3. The van der Waals surface area contributed by atoms with Crippen LogP contribution < -0.4 is 15.6 Å². The lowest BCUT2D eigenvalue weighted by molar-refractivity contribution is 0.102. The van der Waals surface area contributed by atoms with Gasteiger partial charge in [0.15, 0.2) is 0 Å². The van der Waals surface area contributed by atoms with Gasteiger partial charge in [-0.3, -0.25) is 9.59 Å². The van der Waals surface area contributed by atoms with Gasteiger partial charge in [-0.15, -0.1) is 0 Å². The third-order valence-electron chi connectivity index (χ3n) is 3.91. The van der Waals surface area contributed by atoms with Crippen LogP contribution in [0.15, 0.2) is 65.6 Å². The Labute approximate surface area is 160 Å². The Hall–Kier alpha value is -3.12. The lowest BCUT2D eigenvalue weighted by atomic mass is 10.2. The van der Waals surface area contributed by atoms with E-state index in [2.05, 4.69) is 5.32 Å². The van der Waals surface area contributed by atoms with E-state index in [9.17, 15) is 14.0 Å². The van der Waals surface area contributed by atoms with Crippen molar-refractivity contribution in [2.75, 3.05) is 12.4 Å². The lowest BCUT2D eigenvalue weighted by Crippen LogP contribution is -2.22. The van der Waals surface area contributed by atoms with Crippen molar-refractivity contribution >= 4 is 23.2 Å². The van der Waals surface area contributed by atoms with E-state index >= 15 is 0 Å². The first-order chi connectivity index (χ1) is 13.0. The van der Waals surface area contributed by atoms with Crippen LogP contribution in [-0.4, -0.2) is 17.6 Å². The van der Waals surface area contributed by atoms with Crippen LogP contribution in [0.25, 0.3) is 0 Å². The van der Waals surface area contributed by atoms with Crippen molar-refractivity contribution in [3.05, 3.63) is 93.1 Å². The molecule has 7 heteroatoms. The Kier molecular flexibility index (Phi) is 5.57. The Morgan fingerprint density at radius 3 is 2.74 bits per heavy atom. The third-order valence-corrected chi connectivity index (χ3v) is 4.20. The summed E-state index contributed by atoms with van der Waals surface area (Å²) in [5, 5.41) is 2.54. The number of nitrogens with one attached hydrogen (secondary N) is 1. The second kappa shape index (κ2) is 8.05. The number of amides is 1. The molecule has 0 radical (unpaired) electrons. The summed E-state index contributed by atoms with van der Waals surface area (Å²) in [5.74, 6) is -0.318. The number of nitrogens with zero attached hydrogens (tertiary/aromatic N) is 1. The first-order valence-electron chi connectivity index (χ1n) is 8.06. The molecular weight excluding hydrogens is 371 g/mol. The predicted octanol–water partition coefficient (Wildman–Crippen LogP) is 3.95. The van der Waals surface area contributed by atoms with Gasteiger partial charge in [-0.05, 0) is 42.0 Å². The molecule has 0 unspecified atom stereocenters. The predicted molar refractivity (Wildman–Crippen MR) is 102 cm³/mol. The normalized spacial score (nSPS) is 10.5. The molecule has 0 aliphatic heterocycles. The summed E-state index contributed by atoms with van der Waals surface area (Å²) in [7, 11) is 1.57. The molecule has 3 rings (SSSR count). The maximum Gasteiger partial charge on any atom is 0.257 e. The number of carbonyl (C=O) groups is 1. The van der Waals surface area contributed by atoms with E-state index in [1.54, 1.807) is 7.11 Å². The number of halogens is 2. The fourth-order valence-electron chi connectivity index (χ4n) is 2.53. The van der Waals surface area contributed by atoms with Crippen LogP contribution in [0.5, 0.6) is 5.75 Å². The van der Waals surface area contributed by atoms with E-state index in [1.807, 2.05) is 24.3 Å². The molecule has 0 aliphatic rings. The molecule has 1 N–H and O–H groups in total. The zero-order valence-corrected chi connectivity index (χ0v) is 15.2. The molecule has 0 saturated carbocycles. The number of pyridine rings is 1. The first-order valence-corrected chi connectivity index (χ1v) is 8.44. The van der Waals surface area contributed by atoms with Crippen LogP contribution in [0.2, 0.25) is 5.02 Å². The highest BCUT2D eigenvalue weighted by Gasteiger charge is 2.10. The number of aromatic nitrogens is 1. The summed E-state index contributed by atoms with van der Waals surface area (Å²) in [6.07, 6.45) is 1.47. The maximum atomic E-state index is 13.2. The Balaban J connectivity index is 1.82. The van der Waals surface area contributed by atoms with Crippen molar-refractivity contribution < 1.29 is 13.9 Å². The van der Waals surface area contributed by atoms with Crippen LogP contribution in [0, 0.1) is 5.82 Å². The number of carbonyl (C=O) groups excluding carboxylic acids is 1. The average molecular weight is 387 g/mol. The summed E-state index contributed by atoms with van der Waals surface area (Å²) in [4.78, 5) is 24.6. The van der Waals surface area contributed by atoms with Crippen LogP contribution in [0.4, 0.5) is 10.1 Å². The molecule has 0 fully saturated rings. The van der Waals surface area contributed by atoms with Gasteiger partial charge >= 0.3 is 0 Å². The molecule has 1 amide bonds. The molecule has 1 aromatic heterocycles. The molecule has 3 aromatic rings. The van der Waals surface area contributed by atoms with Crippen molar-refractivity contribution in [2.24, 2.45) is 0 Å². The van der Waals surface area contributed by atoms with Crippen molar-refractivity contribution in [3.8, 4) is 5.75 Å². The Bertz CT molecular complexity index is 1050. The highest BCUT2D eigenvalue weighted by atomic mass is 35.5.